The number of phenols is 1. The first kappa shape index (κ1) is 18.1. The highest BCUT2D eigenvalue weighted by Crippen LogP contribution is 2.43. The van der Waals surface area contributed by atoms with E-state index in [2.05, 4.69) is 9.84 Å². The Morgan fingerprint density at radius 2 is 1.79 bits per heavy atom. The number of hydrogen-bond donors (Lipinski definition) is 2. The second-order valence-electron chi connectivity index (χ2n) is 5.06. The predicted molar refractivity (Wildman–Crippen MR) is 69.0 cm³/mol. The largest absolute Gasteiger partial charge is 0.527 e. The topological polar surface area (TPSA) is 82.4 Å². The molecule has 0 spiro atoms. The maximum atomic E-state index is 13.9. The number of aromatic hydroxyl groups is 1. The quantitative estimate of drug-likeness (QED) is 0.817. The lowest BCUT2D eigenvalue weighted by molar-refractivity contribution is -0.468. The number of phenolic OH excluding ortho intramolecular Hbond substituents is 1. The number of halogens is 5. The van der Waals surface area contributed by atoms with Crippen LogP contribution in [0.4, 0.5) is 22.0 Å². The zero-order valence-electron chi connectivity index (χ0n) is 12.0. The number of hydrogen-bond acceptors (Lipinski definition) is 5. The maximum Gasteiger partial charge on any atom is 0.527 e. The van der Waals surface area contributed by atoms with Gasteiger partial charge in [-0.05, 0) is 31.2 Å². The SMILES string of the molecule is CC1=NN(C(=O)c2ccc(O)cc2)C(O)(C(F)(F)OC(F)(F)F)C1. The molecule has 0 aromatic heterocycles. The number of rotatable bonds is 3. The molecule has 132 valence electrons. The standard InChI is InChI=1S/C13H11F5N2O4/c1-7-6-11(23,12(14,15)24-13(16,17)18)20(19-7)10(22)8-2-4-9(21)5-3-8/h2-5,21,23H,6H2,1H3. The van der Waals surface area contributed by atoms with Gasteiger partial charge in [0.15, 0.2) is 0 Å². The fourth-order valence-electron chi connectivity index (χ4n) is 2.11. The van der Waals surface area contributed by atoms with E-state index in [1.54, 1.807) is 0 Å². The smallest absolute Gasteiger partial charge is 0.508 e. The Morgan fingerprint density at radius 3 is 2.29 bits per heavy atom. The predicted octanol–water partition coefficient (Wildman–Crippen LogP) is 2.43. The van der Waals surface area contributed by atoms with Crippen molar-refractivity contribution in [3.05, 3.63) is 29.8 Å². The van der Waals surface area contributed by atoms with Gasteiger partial charge < -0.3 is 10.2 Å². The van der Waals surface area contributed by atoms with Gasteiger partial charge >= 0.3 is 12.5 Å². The Labute approximate surface area is 131 Å². The van der Waals surface area contributed by atoms with Crippen LogP contribution in [0.2, 0.25) is 0 Å². The summed E-state index contributed by atoms with van der Waals surface area (Å²) in [5.41, 5.74) is -4.13. The number of carbonyl (C=O) groups is 1. The summed E-state index contributed by atoms with van der Waals surface area (Å²) in [5, 5.41) is 22.4. The van der Waals surface area contributed by atoms with Crippen LogP contribution < -0.4 is 0 Å². The summed E-state index contributed by atoms with van der Waals surface area (Å²) in [6, 6.07) is 4.18. The van der Waals surface area contributed by atoms with Gasteiger partial charge in [-0.25, -0.2) is 4.74 Å². The van der Waals surface area contributed by atoms with Gasteiger partial charge in [0.05, 0.1) is 0 Å². The van der Waals surface area contributed by atoms with Gasteiger partial charge in [0, 0.05) is 17.7 Å². The number of benzene rings is 1. The number of carbonyl (C=O) groups excluding carboxylic acids is 1. The number of alkyl halides is 5. The Balaban J connectivity index is 2.39. The third-order valence-corrected chi connectivity index (χ3v) is 3.14. The zero-order valence-corrected chi connectivity index (χ0v) is 12.0. The average Bonchev–Trinajstić information content (AvgIpc) is 2.73. The number of hydrazone groups is 1. The van der Waals surface area contributed by atoms with Crippen molar-refractivity contribution in [3.8, 4) is 5.75 Å². The van der Waals surface area contributed by atoms with Crippen LogP contribution in [0.25, 0.3) is 0 Å². The van der Waals surface area contributed by atoms with E-state index in [1.165, 1.54) is 0 Å². The zero-order chi connectivity index (χ0) is 18.3. The number of amides is 1. The van der Waals surface area contributed by atoms with Crippen LogP contribution in [0.15, 0.2) is 29.4 Å². The summed E-state index contributed by atoms with van der Waals surface area (Å²) in [6.07, 6.45) is -12.0. The van der Waals surface area contributed by atoms with Gasteiger partial charge in [0.1, 0.15) is 5.75 Å². The van der Waals surface area contributed by atoms with Crippen LogP contribution in [-0.4, -0.2) is 45.0 Å². The number of aliphatic hydroxyl groups is 1. The van der Waals surface area contributed by atoms with Crippen LogP contribution in [0, 0.1) is 0 Å². The number of nitrogens with zero attached hydrogens (tertiary/aromatic N) is 2. The molecule has 1 aliphatic rings. The average molecular weight is 354 g/mol. The highest BCUT2D eigenvalue weighted by Gasteiger charge is 2.66. The van der Waals surface area contributed by atoms with Crippen LogP contribution >= 0.6 is 0 Å². The van der Waals surface area contributed by atoms with Gasteiger partial charge in [-0.2, -0.15) is 18.9 Å². The molecule has 0 radical (unpaired) electrons. The van der Waals surface area contributed by atoms with Crippen molar-refractivity contribution in [3.63, 3.8) is 0 Å². The summed E-state index contributed by atoms with van der Waals surface area (Å²) in [7, 11) is 0. The third kappa shape index (κ3) is 3.31. The van der Waals surface area contributed by atoms with E-state index in [0.29, 0.717) is 0 Å². The van der Waals surface area contributed by atoms with Crippen molar-refractivity contribution in [2.75, 3.05) is 0 Å². The first-order valence-electron chi connectivity index (χ1n) is 6.40. The molecule has 0 saturated carbocycles. The molecule has 6 nitrogen and oxygen atoms in total. The van der Waals surface area contributed by atoms with Crippen LogP contribution in [0.3, 0.4) is 0 Å². The van der Waals surface area contributed by atoms with E-state index in [1.807, 2.05) is 0 Å². The van der Waals surface area contributed by atoms with Crippen LogP contribution in [-0.2, 0) is 4.74 Å². The van der Waals surface area contributed by atoms with Crippen molar-refractivity contribution in [1.29, 1.82) is 0 Å². The summed E-state index contributed by atoms with van der Waals surface area (Å²) >= 11 is 0. The lowest BCUT2D eigenvalue weighted by Crippen LogP contribution is -2.61. The van der Waals surface area contributed by atoms with Crippen molar-refractivity contribution in [2.45, 2.75) is 31.5 Å². The van der Waals surface area contributed by atoms with Crippen molar-refractivity contribution in [2.24, 2.45) is 5.10 Å². The minimum Gasteiger partial charge on any atom is -0.508 e. The number of ether oxygens (including phenoxy) is 1. The Kier molecular flexibility index (Phi) is 4.27. The fraction of sp³-hybridized carbons (Fsp3) is 0.385. The Bertz CT molecular complexity index is 674. The molecular formula is C13H11F5N2O4. The van der Waals surface area contributed by atoms with Crippen LogP contribution in [0.1, 0.15) is 23.7 Å². The molecule has 1 aromatic rings. The lowest BCUT2D eigenvalue weighted by atomic mass is 10.1. The van der Waals surface area contributed by atoms with E-state index in [9.17, 15) is 31.9 Å². The van der Waals surface area contributed by atoms with E-state index in [4.69, 9.17) is 5.11 Å². The van der Waals surface area contributed by atoms with Gasteiger partial charge in [-0.3, -0.25) is 4.79 Å². The summed E-state index contributed by atoms with van der Waals surface area (Å²) in [6.45, 7) is 1.15. The first-order valence-corrected chi connectivity index (χ1v) is 6.40. The molecule has 1 heterocycles. The van der Waals surface area contributed by atoms with E-state index in [0.717, 1.165) is 31.2 Å². The maximum absolute atomic E-state index is 13.9. The van der Waals surface area contributed by atoms with Gasteiger partial charge in [0.25, 0.3) is 11.6 Å². The van der Waals surface area contributed by atoms with Crippen molar-refractivity contribution >= 4 is 11.6 Å². The molecule has 1 amide bonds. The van der Waals surface area contributed by atoms with E-state index >= 15 is 0 Å². The molecule has 2 N–H and O–H groups in total. The van der Waals surface area contributed by atoms with Gasteiger partial charge in [0.2, 0.25) is 0 Å². The molecular weight excluding hydrogens is 343 g/mol. The van der Waals surface area contributed by atoms with E-state index in [-0.39, 0.29) is 22.0 Å². The summed E-state index contributed by atoms with van der Waals surface area (Å²) in [5.74, 6) is -1.52. The van der Waals surface area contributed by atoms with Gasteiger partial charge in [-0.15, -0.1) is 13.2 Å². The highest BCUT2D eigenvalue weighted by atomic mass is 19.4. The molecule has 1 aliphatic heterocycles. The molecule has 1 atom stereocenters. The Morgan fingerprint density at radius 1 is 1.25 bits per heavy atom. The molecule has 1 unspecified atom stereocenters. The molecule has 11 heteroatoms. The highest BCUT2D eigenvalue weighted by molar-refractivity contribution is 5.97. The van der Waals surface area contributed by atoms with E-state index < -0.39 is 30.5 Å². The second-order valence-corrected chi connectivity index (χ2v) is 5.06. The molecule has 0 fully saturated rings. The summed E-state index contributed by atoms with van der Waals surface area (Å²) < 4.78 is 67.0. The fourth-order valence-corrected chi connectivity index (χ4v) is 2.11. The normalized spacial score (nSPS) is 21.8. The monoisotopic (exact) mass is 354 g/mol. The molecule has 0 aliphatic carbocycles. The summed E-state index contributed by atoms with van der Waals surface area (Å²) in [4.78, 5) is 12.2. The Hall–Kier alpha value is -2.27. The lowest BCUT2D eigenvalue weighted by Gasteiger charge is -2.36. The van der Waals surface area contributed by atoms with Crippen LogP contribution in [0.5, 0.6) is 5.75 Å². The minimum atomic E-state index is -5.75. The molecule has 0 saturated heterocycles. The molecule has 0 bridgehead atoms. The van der Waals surface area contributed by atoms with Crippen molar-refractivity contribution in [1.82, 2.24) is 5.01 Å². The second kappa shape index (κ2) is 5.67. The molecule has 24 heavy (non-hydrogen) atoms. The van der Waals surface area contributed by atoms with Gasteiger partial charge in [-0.1, -0.05) is 0 Å². The minimum absolute atomic E-state index is 0.152. The third-order valence-electron chi connectivity index (χ3n) is 3.14. The molecule has 2 rings (SSSR count). The first-order chi connectivity index (χ1) is 10.9. The molecule has 1 aromatic carbocycles. The van der Waals surface area contributed by atoms with Crippen molar-refractivity contribution < 1.29 is 41.7 Å².